The number of rotatable bonds is 7. The molecule has 3 aliphatic heterocycles. The maximum absolute atomic E-state index is 12.3. The van der Waals surface area contributed by atoms with Crippen LogP contribution in [0.3, 0.4) is 0 Å². The number of aromatic nitrogens is 9. The molecule has 1 N–H and O–H groups in total. The monoisotopic (exact) mass is 1010 g/mol. The summed E-state index contributed by atoms with van der Waals surface area (Å²) in [5.74, 6) is 3.74. The molecule has 0 saturated carbocycles. The number of para-hydroxylation sites is 3. The van der Waals surface area contributed by atoms with E-state index in [9.17, 15) is 18.0 Å². The molecule has 3 aromatic carbocycles. The van der Waals surface area contributed by atoms with Crippen molar-refractivity contribution in [1.82, 2.24) is 59.4 Å². The summed E-state index contributed by atoms with van der Waals surface area (Å²) < 4.78 is 40.1. The van der Waals surface area contributed by atoms with E-state index in [4.69, 9.17) is 9.47 Å². The number of carbonyl (C=O) groups is 2. The third-order valence-electron chi connectivity index (χ3n) is 11.1. The van der Waals surface area contributed by atoms with Crippen LogP contribution in [0.5, 0.6) is 0 Å². The summed E-state index contributed by atoms with van der Waals surface area (Å²) in [6.07, 6.45) is 0.475. The Balaban J connectivity index is 0.000000179. The molecule has 21 nitrogen and oxygen atoms in total. The molecule has 9 rings (SSSR count). The lowest BCUT2D eigenvalue weighted by Gasteiger charge is -2.35. The van der Waals surface area contributed by atoms with Crippen molar-refractivity contribution < 1.29 is 27.5 Å². The average molecular weight is 1010 g/mol. The molecule has 72 heavy (non-hydrogen) atoms. The number of nitrogens with one attached hydrogen (secondary N) is 1. The van der Waals surface area contributed by atoms with Crippen LogP contribution in [0.2, 0.25) is 0 Å². The fourth-order valence-corrected chi connectivity index (χ4v) is 8.26. The van der Waals surface area contributed by atoms with E-state index in [0.29, 0.717) is 58.3 Å². The Morgan fingerprint density at radius 1 is 0.500 bits per heavy atom. The Bertz CT molecular complexity index is 2790. The van der Waals surface area contributed by atoms with E-state index in [1.807, 2.05) is 149 Å². The summed E-state index contributed by atoms with van der Waals surface area (Å²) >= 11 is 0. The van der Waals surface area contributed by atoms with Crippen LogP contribution in [-0.2, 0) is 19.3 Å². The smallest absolute Gasteiger partial charge is 0.410 e. The Morgan fingerprint density at radius 2 is 0.819 bits per heavy atom. The van der Waals surface area contributed by atoms with E-state index >= 15 is 0 Å². The van der Waals surface area contributed by atoms with Crippen LogP contribution in [0.4, 0.5) is 27.4 Å². The highest BCUT2D eigenvalue weighted by atomic mass is 32.2. The second-order valence-electron chi connectivity index (χ2n) is 19.3. The van der Waals surface area contributed by atoms with Crippen molar-refractivity contribution in [2.45, 2.75) is 79.2 Å². The highest BCUT2D eigenvalue weighted by Gasteiger charge is 2.31. The van der Waals surface area contributed by atoms with Gasteiger partial charge in [-0.25, -0.2) is 18.0 Å². The molecule has 0 radical (unpaired) electrons. The molecule has 3 saturated heterocycles. The third kappa shape index (κ3) is 14.5. The number of sulfone groups is 1. The van der Waals surface area contributed by atoms with E-state index in [0.717, 1.165) is 73.0 Å². The molecular weight excluding hydrogens is 939 g/mol. The molecule has 0 aliphatic carbocycles. The molecule has 0 atom stereocenters. The normalized spacial score (nSPS) is 15.4. The van der Waals surface area contributed by atoms with Crippen LogP contribution < -0.4 is 20.0 Å². The fraction of sp³-hybridized carbons (Fsp3) is 0.480. The number of carbonyl (C=O) groups excluding carboxylic acids is 2. The molecule has 22 heteroatoms. The van der Waals surface area contributed by atoms with Gasteiger partial charge in [0.1, 0.15) is 22.9 Å². The second-order valence-corrected chi connectivity index (χ2v) is 21.2. The molecular formula is C50H71N15O6S. The number of amides is 2. The summed E-state index contributed by atoms with van der Waals surface area (Å²) in [5.41, 5.74) is 1.74. The summed E-state index contributed by atoms with van der Waals surface area (Å²) in [4.78, 5) is 47.6. The Labute approximate surface area is 423 Å². The Kier molecular flexibility index (Phi) is 17.7. The molecule has 0 unspecified atom stereocenters. The summed E-state index contributed by atoms with van der Waals surface area (Å²) in [6, 6.07) is 29.4. The average Bonchev–Trinajstić information content (AvgIpc) is 4.09. The number of piperazine rings is 3. The summed E-state index contributed by atoms with van der Waals surface area (Å²) in [6.45, 7) is 23.4. The number of ether oxygens (including phenoxy) is 2. The van der Waals surface area contributed by atoms with Crippen molar-refractivity contribution in [3.05, 3.63) is 103 Å². The van der Waals surface area contributed by atoms with E-state index in [-0.39, 0.29) is 24.8 Å². The number of hydrogen-bond acceptors (Lipinski definition) is 16. The summed E-state index contributed by atoms with van der Waals surface area (Å²) in [7, 11) is -3.55. The van der Waals surface area contributed by atoms with Gasteiger partial charge < -0.3 is 39.3 Å². The van der Waals surface area contributed by atoms with Gasteiger partial charge in [0.05, 0.1) is 17.1 Å². The van der Waals surface area contributed by atoms with Crippen molar-refractivity contribution in [3.63, 3.8) is 0 Å². The predicted octanol–water partition coefficient (Wildman–Crippen LogP) is 5.98. The molecule has 0 bridgehead atoms. The van der Waals surface area contributed by atoms with Gasteiger partial charge in [0.2, 0.25) is 27.7 Å². The molecule has 6 heterocycles. The number of benzene rings is 3. The van der Waals surface area contributed by atoms with E-state index in [1.165, 1.54) is 4.68 Å². The standard InChI is InChI=1S/C18H25N5O4S.C18H25N5O2.C13H17N5.CH4/c1-18(2,3)27-17(24)22-12-10-21(11-13-22)16-19-15(28(4,25)26)20-23(16)14-8-6-5-7-9-14;1-14-19-16(23(20-14)15-8-6-5-7-9-15)21-10-12-22(13-11-21)17(24)25-18(2,3)4;1-11-15-13(17-9-7-14-8-10-17)18(16-11)12-5-3-2-4-6-12;/h5-9H,10-13H2,1-4H3;5-9H,10-13H2,1-4H3;2-6,14H,7-10H2,1H3;1H4. The van der Waals surface area contributed by atoms with E-state index < -0.39 is 21.0 Å². The molecule has 3 aliphatic rings. The number of nitrogens with zero attached hydrogens (tertiary/aromatic N) is 14. The number of aryl methyl sites for hydroxylation is 2. The molecule has 388 valence electrons. The largest absolute Gasteiger partial charge is 0.444 e. The van der Waals surface area contributed by atoms with Crippen molar-refractivity contribution in [3.8, 4) is 17.1 Å². The lowest BCUT2D eigenvalue weighted by Crippen LogP contribution is -2.50. The highest BCUT2D eigenvalue weighted by Crippen LogP contribution is 2.24. The van der Waals surface area contributed by atoms with Gasteiger partial charge in [-0.15, -0.1) is 15.3 Å². The van der Waals surface area contributed by atoms with Crippen LogP contribution in [0.25, 0.3) is 17.1 Å². The topological polar surface area (TPSA) is 207 Å². The SMILES string of the molecule is C.CC(C)(C)OC(=O)N1CCN(c2nc(S(C)(=O)=O)nn2-c2ccccc2)CC1.Cc1nc(N2CCN(C(=O)OC(C)(C)C)CC2)n(-c2ccccc2)n1.Cc1nc(N2CCNCC2)n(-c2ccccc2)n1. The van der Waals surface area contributed by atoms with Crippen LogP contribution >= 0.6 is 0 Å². The highest BCUT2D eigenvalue weighted by molar-refractivity contribution is 7.90. The van der Waals surface area contributed by atoms with Gasteiger partial charge in [-0.1, -0.05) is 62.0 Å². The Hall–Kier alpha value is -7.07. The van der Waals surface area contributed by atoms with Crippen LogP contribution in [0.15, 0.2) is 96.2 Å². The van der Waals surface area contributed by atoms with Gasteiger partial charge in [-0.2, -0.15) is 29.0 Å². The molecule has 3 fully saturated rings. The quantitative estimate of drug-likeness (QED) is 0.195. The molecule has 2 amide bonds. The van der Waals surface area contributed by atoms with Crippen LogP contribution in [-0.4, -0.2) is 171 Å². The van der Waals surface area contributed by atoms with Gasteiger partial charge >= 0.3 is 12.2 Å². The first kappa shape index (κ1) is 54.3. The third-order valence-corrected chi connectivity index (χ3v) is 12.0. The molecule has 3 aromatic heterocycles. The number of hydrogen-bond donors (Lipinski definition) is 1. The van der Waals surface area contributed by atoms with Crippen molar-refractivity contribution in [2.75, 3.05) is 99.5 Å². The van der Waals surface area contributed by atoms with Gasteiger partial charge in [-0.3, -0.25) is 0 Å². The lowest BCUT2D eigenvalue weighted by atomic mass is 10.2. The minimum atomic E-state index is -3.55. The van der Waals surface area contributed by atoms with E-state index in [1.54, 1.807) is 9.80 Å². The van der Waals surface area contributed by atoms with Crippen LogP contribution in [0.1, 0.15) is 60.6 Å². The first-order valence-electron chi connectivity index (χ1n) is 23.8. The van der Waals surface area contributed by atoms with Gasteiger partial charge in [0, 0.05) is 84.8 Å². The zero-order valence-electron chi connectivity index (χ0n) is 42.3. The minimum Gasteiger partial charge on any atom is -0.444 e. The van der Waals surface area contributed by atoms with Crippen molar-refractivity contribution >= 4 is 39.9 Å². The Morgan fingerprint density at radius 3 is 1.15 bits per heavy atom. The van der Waals surface area contributed by atoms with Crippen LogP contribution in [0, 0.1) is 13.8 Å². The summed E-state index contributed by atoms with van der Waals surface area (Å²) in [5, 5.41) is 16.3. The maximum atomic E-state index is 12.3. The predicted molar refractivity (Wildman–Crippen MR) is 279 cm³/mol. The lowest BCUT2D eigenvalue weighted by molar-refractivity contribution is 0.0229. The zero-order chi connectivity index (χ0) is 50.9. The van der Waals surface area contributed by atoms with Gasteiger partial charge in [0.25, 0.3) is 5.16 Å². The fourth-order valence-electron chi connectivity index (χ4n) is 7.79. The zero-order valence-corrected chi connectivity index (χ0v) is 43.1. The van der Waals surface area contributed by atoms with Gasteiger partial charge in [-0.05, 0) is 91.8 Å². The molecule has 0 spiro atoms. The first-order valence-corrected chi connectivity index (χ1v) is 25.7. The van der Waals surface area contributed by atoms with Gasteiger partial charge in [0.15, 0.2) is 0 Å². The molecule has 6 aromatic rings. The maximum Gasteiger partial charge on any atom is 0.410 e. The first-order chi connectivity index (χ1) is 33.7. The van der Waals surface area contributed by atoms with Crippen molar-refractivity contribution in [2.24, 2.45) is 0 Å². The minimum absolute atomic E-state index is 0. The second kappa shape index (κ2) is 23.4. The van der Waals surface area contributed by atoms with Crippen molar-refractivity contribution in [1.29, 1.82) is 0 Å². The number of anilines is 3. The van der Waals surface area contributed by atoms with E-state index in [2.05, 4.69) is 57.5 Å².